The van der Waals surface area contributed by atoms with Crippen molar-refractivity contribution in [3.63, 3.8) is 0 Å². The molecule has 0 aliphatic carbocycles. The Morgan fingerprint density at radius 2 is 2.10 bits per heavy atom. The third kappa shape index (κ3) is 5.93. The van der Waals surface area contributed by atoms with Crippen LogP contribution in [0.1, 0.15) is 31.5 Å². The number of nitrogens with one attached hydrogen (secondary N) is 1. The molecule has 0 saturated carbocycles. The number of halogens is 3. The quantitative estimate of drug-likeness (QED) is 0.811. The van der Waals surface area contributed by atoms with Gasteiger partial charge in [0.2, 0.25) is 0 Å². The molecule has 1 N–H and O–H groups in total. The summed E-state index contributed by atoms with van der Waals surface area (Å²) in [5.41, 5.74) is -1.58. The molecule has 0 radical (unpaired) electrons. The number of thiazole rings is 1. The Morgan fingerprint density at radius 1 is 1.45 bits per heavy atom. The molecule has 1 aromatic rings. The zero-order valence-corrected chi connectivity index (χ0v) is 11.9. The summed E-state index contributed by atoms with van der Waals surface area (Å²) < 4.78 is 41.8. The van der Waals surface area contributed by atoms with Crippen LogP contribution in [0.5, 0.6) is 0 Å². The van der Waals surface area contributed by atoms with Crippen LogP contribution < -0.4 is 5.32 Å². The van der Waals surface area contributed by atoms with Crippen molar-refractivity contribution in [3.8, 4) is 11.8 Å². The van der Waals surface area contributed by atoms with Gasteiger partial charge in [0.15, 0.2) is 10.7 Å². The second-order valence-corrected chi connectivity index (χ2v) is 5.55. The summed E-state index contributed by atoms with van der Waals surface area (Å²) in [6.45, 7) is 5.11. The summed E-state index contributed by atoms with van der Waals surface area (Å²) in [5, 5.41) is 3.31. The first-order valence-electron chi connectivity index (χ1n) is 5.56. The number of amides is 1. The SMILES string of the molecule is CC(C)(C)OC(=O)NCC#Cc1nc(C(F)(F)F)cs1. The molecule has 20 heavy (non-hydrogen) atoms. The van der Waals surface area contributed by atoms with Gasteiger partial charge in [0.25, 0.3) is 0 Å². The molecule has 0 aliphatic rings. The first kappa shape index (κ1) is 16.3. The number of nitrogens with zero attached hydrogens (tertiary/aromatic N) is 1. The van der Waals surface area contributed by atoms with Gasteiger partial charge in [-0.15, -0.1) is 11.3 Å². The second-order valence-electron chi connectivity index (χ2n) is 4.69. The number of alkyl halides is 3. The average Bonchev–Trinajstić information content (AvgIpc) is 2.70. The van der Waals surface area contributed by atoms with Crippen molar-refractivity contribution in [2.75, 3.05) is 6.54 Å². The van der Waals surface area contributed by atoms with E-state index >= 15 is 0 Å². The molecule has 4 nitrogen and oxygen atoms in total. The molecule has 0 atom stereocenters. The Balaban J connectivity index is 2.48. The highest BCUT2D eigenvalue weighted by molar-refractivity contribution is 7.10. The van der Waals surface area contributed by atoms with E-state index in [0.717, 1.165) is 16.7 Å². The molecule has 0 fully saturated rings. The monoisotopic (exact) mass is 306 g/mol. The van der Waals surface area contributed by atoms with Crippen LogP contribution in [0, 0.1) is 11.8 Å². The standard InChI is InChI=1S/C12H13F3N2O2S/c1-11(2,3)19-10(18)16-6-4-5-9-17-8(7-20-9)12(13,14)15/h7H,6H2,1-3H3,(H,16,18). The van der Waals surface area contributed by atoms with Crippen LogP contribution in [-0.2, 0) is 10.9 Å². The van der Waals surface area contributed by atoms with E-state index in [4.69, 9.17) is 4.74 Å². The van der Waals surface area contributed by atoms with Gasteiger partial charge in [-0.3, -0.25) is 0 Å². The van der Waals surface area contributed by atoms with E-state index in [1.54, 1.807) is 20.8 Å². The summed E-state index contributed by atoms with van der Waals surface area (Å²) in [6, 6.07) is 0. The minimum absolute atomic E-state index is 0.0319. The van der Waals surface area contributed by atoms with Crippen LogP contribution >= 0.6 is 11.3 Å². The maximum atomic E-state index is 12.3. The molecule has 0 aliphatic heterocycles. The minimum Gasteiger partial charge on any atom is -0.444 e. The van der Waals surface area contributed by atoms with E-state index in [1.807, 2.05) is 0 Å². The van der Waals surface area contributed by atoms with Crippen LogP contribution in [0.25, 0.3) is 0 Å². The molecule has 1 rings (SSSR count). The van der Waals surface area contributed by atoms with Crippen LogP contribution in [0.3, 0.4) is 0 Å². The third-order valence-electron chi connectivity index (χ3n) is 1.71. The number of ether oxygens (including phenoxy) is 1. The van der Waals surface area contributed by atoms with E-state index < -0.39 is 23.6 Å². The first-order chi connectivity index (χ1) is 9.08. The van der Waals surface area contributed by atoms with Crippen LogP contribution in [0.2, 0.25) is 0 Å². The van der Waals surface area contributed by atoms with Gasteiger partial charge in [0.05, 0.1) is 6.54 Å². The number of hydrogen-bond donors (Lipinski definition) is 1. The number of carbonyl (C=O) groups excluding carboxylic acids is 1. The molecule has 0 saturated heterocycles. The van der Waals surface area contributed by atoms with Crippen molar-refractivity contribution in [3.05, 3.63) is 16.1 Å². The van der Waals surface area contributed by atoms with Gasteiger partial charge in [-0.1, -0.05) is 5.92 Å². The van der Waals surface area contributed by atoms with Gasteiger partial charge < -0.3 is 10.1 Å². The maximum absolute atomic E-state index is 12.3. The number of rotatable bonds is 1. The molecule has 1 heterocycles. The fourth-order valence-electron chi connectivity index (χ4n) is 1.01. The largest absolute Gasteiger partial charge is 0.444 e. The molecule has 1 amide bonds. The van der Waals surface area contributed by atoms with Gasteiger partial charge in [-0.05, 0) is 26.7 Å². The molecule has 0 aromatic carbocycles. The zero-order valence-electron chi connectivity index (χ0n) is 11.1. The molecule has 0 unspecified atom stereocenters. The van der Waals surface area contributed by atoms with Crippen molar-refractivity contribution in [1.82, 2.24) is 10.3 Å². The van der Waals surface area contributed by atoms with Crippen molar-refractivity contribution in [2.24, 2.45) is 0 Å². The lowest BCUT2D eigenvalue weighted by Crippen LogP contribution is -2.32. The summed E-state index contributed by atoms with van der Waals surface area (Å²) in [5.74, 6) is 4.94. The Labute approximate surface area is 118 Å². The summed E-state index contributed by atoms with van der Waals surface area (Å²) in [6.07, 6.45) is -5.10. The Hall–Kier alpha value is -1.75. The number of hydrogen-bond acceptors (Lipinski definition) is 4. The van der Waals surface area contributed by atoms with Crippen LogP contribution in [0.4, 0.5) is 18.0 Å². The normalized spacial score (nSPS) is 11.5. The van der Waals surface area contributed by atoms with E-state index in [9.17, 15) is 18.0 Å². The third-order valence-corrected chi connectivity index (χ3v) is 2.47. The van der Waals surface area contributed by atoms with E-state index in [2.05, 4.69) is 22.1 Å². The summed E-state index contributed by atoms with van der Waals surface area (Å²) in [7, 11) is 0. The van der Waals surface area contributed by atoms with E-state index in [-0.39, 0.29) is 11.6 Å². The highest BCUT2D eigenvalue weighted by Gasteiger charge is 2.33. The lowest BCUT2D eigenvalue weighted by atomic mass is 10.2. The average molecular weight is 306 g/mol. The van der Waals surface area contributed by atoms with Gasteiger partial charge in [-0.25, -0.2) is 9.78 Å². The van der Waals surface area contributed by atoms with Crippen molar-refractivity contribution < 1.29 is 22.7 Å². The number of alkyl carbamates (subject to hydrolysis) is 1. The van der Waals surface area contributed by atoms with Crippen molar-refractivity contribution in [2.45, 2.75) is 32.5 Å². The Kier molecular flexibility index (Phi) is 5.00. The highest BCUT2D eigenvalue weighted by Crippen LogP contribution is 2.29. The van der Waals surface area contributed by atoms with Gasteiger partial charge >= 0.3 is 12.3 Å². The van der Waals surface area contributed by atoms with E-state index in [1.165, 1.54) is 0 Å². The van der Waals surface area contributed by atoms with Crippen LogP contribution in [-0.4, -0.2) is 23.2 Å². The van der Waals surface area contributed by atoms with E-state index in [0.29, 0.717) is 0 Å². The molecule has 0 spiro atoms. The highest BCUT2D eigenvalue weighted by atomic mass is 32.1. The number of aromatic nitrogens is 1. The first-order valence-corrected chi connectivity index (χ1v) is 6.44. The van der Waals surface area contributed by atoms with Crippen LogP contribution in [0.15, 0.2) is 5.38 Å². The molecule has 110 valence electrons. The second kappa shape index (κ2) is 6.13. The van der Waals surface area contributed by atoms with Gasteiger partial charge in [-0.2, -0.15) is 13.2 Å². The summed E-state index contributed by atoms with van der Waals surface area (Å²) >= 11 is 0.797. The number of carbonyl (C=O) groups is 1. The van der Waals surface area contributed by atoms with Gasteiger partial charge in [0.1, 0.15) is 5.60 Å². The molecule has 0 bridgehead atoms. The van der Waals surface area contributed by atoms with Crippen molar-refractivity contribution >= 4 is 17.4 Å². The Morgan fingerprint density at radius 3 is 2.60 bits per heavy atom. The maximum Gasteiger partial charge on any atom is 0.434 e. The fraction of sp³-hybridized carbons (Fsp3) is 0.500. The zero-order chi connectivity index (χ0) is 15.4. The lowest BCUT2D eigenvalue weighted by Gasteiger charge is -2.18. The predicted octanol–water partition coefficient (Wildman–Crippen LogP) is 3.04. The molecular weight excluding hydrogens is 293 g/mol. The topological polar surface area (TPSA) is 51.2 Å². The minimum atomic E-state index is -4.47. The molecule has 1 aromatic heterocycles. The Bertz CT molecular complexity index is 535. The lowest BCUT2D eigenvalue weighted by molar-refractivity contribution is -0.140. The smallest absolute Gasteiger partial charge is 0.434 e. The molecule has 8 heteroatoms. The van der Waals surface area contributed by atoms with Gasteiger partial charge in [0, 0.05) is 5.38 Å². The molecular formula is C12H13F3N2O2S. The fourth-order valence-corrected chi connectivity index (χ4v) is 1.70. The summed E-state index contributed by atoms with van der Waals surface area (Å²) in [4.78, 5) is 14.6. The predicted molar refractivity (Wildman–Crippen MR) is 68.2 cm³/mol. The van der Waals surface area contributed by atoms with Crippen molar-refractivity contribution in [1.29, 1.82) is 0 Å².